The Bertz CT molecular complexity index is 388. The summed E-state index contributed by atoms with van der Waals surface area (Å²) in [5.41, 5.74) is 5.01. The zero-order chi connectivity index (χ0) is 11.5. The van der Waals surface area contributed by atoms with Crippen molar-refractivity contribution in [2.75, 3.05) is 6.61 Å². The first-order valence-electron chi connectivity index (χ1n) is 5.89. The summed E-state index contributed by atoms with van der Waals surface area (Å²) in [4.78, 5) is 4.61. The van der Waals surface area contributed by atoms with Crippen LogP contribution in [0.25, 0.3) is 0 Å². The highest BCUT2D eigenvalue weighted by Gasteiger charge is 2.18. The number of rotatable bonds is 3. The van der Waals surface area contributed by atoms with Crippen LogP contribution in [0.1, 0.15) is 35.1 Å². The van der Waals surface area contributed by atoms with E-state index >= 15 is 0 Å². The second-order valence-electron chi connectivity index (χ2n) is 4.48. The van der Waals surface area contributed by atoms with E-state index in [1.165, 1.54) is 29.5 Å². The van der Waals surface area contributed by atoms with Gasteiger partial charge >= 0.3 is 0 Å². The first-order chi connectivity index (χ1) is 7.74. The van der Waals surface area contributed by atoms with Crippen molar-refractivity contribution >= 4 is 0 Å². The van der Waals surface area contributed by atoms with E-state index in [1.807, 2.05) is 6.07 Å². The lowest BCUT2D eigenvalue weighted by Gasteiger charge is -2.22. The van der Waals surface area contributed by atoms with Crippen LogP contribution in [0, 0.1) is 6.92 Å². The Morgan fingerprint density at radius 3 is 2.69 bits per heavy atom. The minimum absolute atomic E-state index is 0.398. The van der Waals surface area contributed by atoms with Crippen molar-refractivity contribution in [3.05, 3.63) is 28.3 Å². The Balaban J connectivity index is 2.41. The molecule has 3 N–H and O–H groups in total. The second-order valence-corrected chi connectivity index (χ2v) is 4.48. The minimum atomic E-state index is 0.398. The van der Waals surface area contributed by atoms with Crippen molar-refractivity contribution in [1.82, 2.24) is 0 Å². The molecule has 1 aromatic rings. The Hall–Kier alpha value is -1.06. The summed E-state index contributed by atoms with van der Waals surface area (Å²) in [7, 11) is 0. The summed E-state index contributed by atoms with van der Waals surface area (Å²) in [6.45, 7) is 2.54. The molecular formula is C13H19NO2. The van der Waals surface area contributed by atoms with Gasteiger partial charge in [-0.15, -0.1) is 0 Å². The van der Waals surface area contributed by atoms with E-state index in [0.29, 0.717) is 18.8 Å². The normalized spacial score (nSPS) is 14.9. The molecule has 1 aliphatic rings. The van der Waals surface area contributed by atoms with E-state index in [9.17, 15) is 5.11 Å². The Kier molecular flexibility index (Phi) is 3.46. The predicted octanol–water partition coefficient (Wildman–Crippen LogP) is 2.01. The number of hydrogen-bond donors (Lipinski definition) is 2. The van der Waals surface area contributed by atoms with Crippen LogP contribution in [0.5, 0.6) is 5.75 Å². The van der Waals surface area contributed by atoms with E-state index in [0.717, 1.165) is 18.4 Å². The monoisotopic (exact) mass is 221 g/mol. The molecule has 0 spiro atoms. The Morgan fingerprint density at radius 1 is 1.31 bits per heavy atom. The van der Waals surface area contributed by atoms with Gasteiger partial charge in [0, 0.05) is 6.42 Å². The van der Waals surface area contributed by atoms with Crippen molar-refractivity contribution in [2.45, 2.75) is 39.0 Å². The van der Waals surface area contributed by atoms with Gasteiger partial charge < -0.3 is 9.94 Å². The summed E-state index contributed by atoms with van der Waals surface area (Å²) in [6.07, 6.45) is 5.38. The van der Waals surface area contributed by atoms with Crippen LogP contribution >= 0.6 is 0 Å². The van der Waals surface area contributed by atoms with Crippen LogP contribution < -0.4 is 5.90 Å². The van der Waals surface area contributed by atoms with Crippen molar-refractivity contribution < 1.29 is 9.94 Å². The minimum Gasteiger partial charge on any atom is -0.508 e. The van der Waals surface area contributed by atoms with Gasteiger partial charge in [0.15, 0.2) is 0 Å². The third-order valence-electron chi connectivity index (χ3n) is 3.44. The maximum absolute atomic E-state index is 9.98. The van der Waals surface area contributed by atoms with Crippen molar-refractivity contribution in [3.8, 4) is 5.75 Å². The maximum atomic E-state index is 9.98. The van der Waals surface area contributed by atoms with Crippen LogP contribution in [0.3, 0.4) is 0 Å². The van der Waals surface area contributed by atoms with E-state index in [4.69, 9.17) is 5.90 Å². The number of nitrogens with two attached hydrogens (primary N) is 1. The van der Waals surface area contributed by atoms with E-state index in [2.05, 4.69) is 11.8 Å². The van der Waals surface area contributed by atoms with Crippen molar-refractivity contribution in [2.24, 2.45) is 5.90 Å². The third kappa shape index (κ3) is 2.06. The molecule has 1 aromatic carbocycles. The average Bonchev–Trinajstić information content (AvgIpc) is 2.29. The highest BCUT2D eigenvalue weighted by Crippen LogP contribution is 2.33. The molecule has 0 atom stereocenters. The summed E-state index contributed by atoms with van der Waals surface area (Å²) in [5.74, 6) is 5.45. The van der Waals surface area contributed by atoms with E-state index < -0.39 is 0 Å². The van der Waals surface area contributed by atoms with Crippen LogP contribution in [0.2, 0.25) is 0 Å². The van der Waals surface area contributed by atoms with Gasteiger partial charge in [-0.1, -0.05) is 0 Å². The first kappa shape index (κ1) is 11.4. The van der Waals surface area contributed by atoms with Gasteiger partial charge in [-0.3, -0.25) is 0 Å². The largest absolute Gasteiger partial charge is 0.508 e. The molecule has 0 heterocycles. The zero-order valence-electron chi connectivity index (χ0n) is 9.75. The molecule has 88 valence electrons. The molecule has 3 heteroatoms. The number of hydrogen-bond acceptors (Lipinski definition) is 3. The number of phenols is 1. The van der Waals surface area contributed by atoms with Gasteiger partial charge in [-0.2, -0.15) is 0 Å². The number of phenolic OH excluding ortho intramolecular Hbond substituents is 1. The van der Waals surface area contributed by atoms with Crippen LogP contribution in [-0.4, -0.2) is 11.7 Å². The lowest BCUT2D eigenvalue weighted by Crippen LogP contribution is -2.11. The lowest BCUT2D eigenvalue weighted by molar-refractivity contribution is 0.140. The molecule has 1 aliphatic carbocycles. The number of fused-ring (bicyclic) bond motifs is 1. The fourth-order valence-electron chi connectivity index (χ4n) is 2.65. The molecule has 0 aromatic heterocycles. The summed E-state index contributed by atoms with van der Waals surface area (Å²) < 4.78 is 0. The Labute approximate surface area is 96.2 Å². The fourth-order valence-corrected chi connectivity index (χ4v) is 2.65. The summed E-state index contributed by atoms with van der Waals surface area (Å²) in [6, 6.07) is 1.87. The van der Waals surface area contributed by atoms with Gasteiger partial charge in [0.2, 0.25) is 0 Å². The van der Waals surface area contributed by atoms with Crippen LogP contribution in [0.15, 0.2) is 6.07 Å². The summed E-state index contributed by atoms with van der Waals surface area (Å²) >= 11 is 0. The highest BCUT2D eigenvalue weighted by molar-refractivity contribution is 5.49. The molecule has 0 unspecified atom stereocenters. The van der Waals surface area contributed by atoms with Crippen LogP contribution in [-0.2, 0) is 24.1 Å². The van der Waals surface area contributed by atoms with Crippen LogP contribution in [0.4, 0.5) is 0 Å². The van der Waals surface area contributed by atoms with Crippen molar-refractivity contribution in [3.63, 3.8) is 0 Å². The number of aryl methyl sites for hydroxylation is 1. The molecule has 0 bridgehead atoms. The number of aromatic hydroxyl groups is 1. The average molecular weight is 221 g/mol. The molecule has 0 fully saturated rings. The molecule has 0 radical (unpaired) electrons. The highest BCUT2D eigenvalue weighted by atomic mass is 16.6. The molecule has 0 amide bonds. The third-order valence-corrected chi connectivity index (χ3v) is 3.44. The van der Waals surface area contributed by atoms with E-state index in [1.54, 1.807) is 0 Å². The standard InChI is InChI=1S/C13H19NO2/c1-9-8-13(15)12(6-7-16-14)11-5-3-2-4-10(9)11/h8,15H,2-7,14H2,1H3. The smallest absolute Gasteiger partial charge is 0.119 e. The van der Waals surface area contributed by atoms with Gasteiger partial charge in [0.25, 0.3) is 0 Å². The Morgan fingerprint density at radius 2 is 2.00 bits per heavy atom. The SMILES string of the molecule is Cc1cc(O)c(CCON)c2c1CCCC2. The molecule has 0 saturated carbocycles. The van der Waals surface area contributed by atoms with Gasteiger partial charge in [-0.05, 0) is 60.9 Å². The molecule has 16 heavy (non-hydrogen) atoms. The van der Waals surface area contributed by atoms with Gasteiger partial charge in [0.1, 0.15) is 5.75 Å². The van der Waals surface area contributed by atoms with Gasteiger partial charge in [-0.25, -0.2) is 5.90 Å². The first-order valence-corrected chi connectivity index (χ1v) is 5.89. The number of benzene rings is 1. The predicted molar refractivity (Wildman–Crippen MR) is 63.3 cm³/mol. The second kappa shape index (κ2) is 4.85. The van der Waals surface area contributed by atoms with Crippen molar-refractivity contribution in [1.29, 1.82) is 0 Å². The zero-order valence-corrected chi connectivity index (χ0v) is 9.75. The fraction of sp³-hybridized carbons (Fsp3) is 0.538. The topological polar surface area (TPSA) is 55.5 Å². The molecule has 0 saturated heterocycles. The molecular weight excluding hydrogens is 202 g/mol. The van der Waals surface area contributed by atoms with Gasteiger partial charge in [0.05, 0.1) is 6.61 Å². The quantitative estimate of drug-likeness (QED) is 0.768. The lowest BCUT2D eigenvalue weighted by atomic mass is 9.84. The van der Waals surface area contributed by atoms with E-state index in [-0.39, 0.29) is 0 Å². The molecule has 0 aliphatic heterocycles. The molecule has 3 nitrogen and oxygen atoms in total. The maximum Gasteiger partial charge on any atom is 0.119 e. The summed E-state index contributed by atoms with van der Waals surface area (Å²) in [5, 5.41) is 9.98. The molecule has 2 rings (SSSR count).